The van der Waals surface area contributed by atoms with Gasteiger partial charge < -0.3 is 34.2 Å². The molecule has 0 bridgehead atoms. The number of nitrogens with zero attached hydrogens (tertiary/aromatic N) is 5. The molecule has 5 heterocycles. The number of aromatic nitrogens is 2. The molecule has 2 saturated carbocycles. The lowest BCUT2D eigenvalue weighted by atomic mass is 9.59. The molecule has 17 nitrogen and oxygen atoms in total. The molecule has 2 aliphatic heterocycles. The van der Waals surface area contributed by atoms with Crippen molar-refractivity contribution in [1.29, 1.82) is 0 Å². The molecule has 4 aliphatic rings. The van der Waals surface area contributed by atoms with Gasteiger partial charge in [-0.25, -0.2) is 18.1 Å². The molecule has 3 aromatic heterocycles. The Labute approximate surface area is 436 Å². The van der Waals surface area contributed by atoms with Gasteiger partial charge in [-0.1, -0.05) is 38.1 Å². The quantitative estimate of drug-likeness (QED) is 0.0525. The van der Waals surface area contributed by atoms with E-state index in [0.29, 0.717) is 42.7 Å². The summed E-state index contributed by atoms with van der Waals surface area (Å²) < 4.78 is 47.8. The average Bonchev–Trinajstić information content (AvgIpc) is 4.05. The normalized spacial score (nSPS) is 21.3. The number of carbonyl (C=O) groups excluding carboxylic acids is 1. The maximum Gasteiger partial charge on any atom is 0.293 e. The Balaban J connectivity index is 0.791. The summed E-state index contributed by atoms with van der Waals surface area (Å²) in [6, 6.07) is 28.1. The van der Waals surface area contributed by atoms with Crippen molar-refractivity contribution in [2.45, 2.75) is 94.3 Å². The van der Waals surface area contributed by atoms with E-state index in [1.54, 1.807) is 43.8 Å². The lowest BCUT2D eigenvalue weighted by Crippen LogP contribution is -2.68. The van der Waals surface area contributed by atoms with Crippen molar-refractivity contribution in [3.8, 4) is 17.2 Å². The Morgan fingerprint density at radius 2 is 1.80 bits per heavy atom. The van der Waals surface area contributed by atoms with Crippen LogP contribution in [0.5, 0.6) is 17.2 Å². The van der Waals surface area contributed by atoms with Crippen molar-refractivity contribution in [3.05, 3.63) is 142 Å². The summed E-state index contributed by atoms with van der Waals surface area (Å²) in [5, 5.41) is 27.5. The van der Waals surface area contributed by atoms with Crippen LogP contribution in [-0.4, -0.2) is 102 Å². The number of nitro benzene ring substituents is 1. The number of ether oxygens (including phenoxy) is 2. The first-order chi connectivity index (χ1) is 36.0. The van der Waals surface area contributed by atoms with Gasteiger partial charge in [0.2, 0.25) is 0 Å². The number of rotatable bonds is 16. The van der Waals surface area contributed by atoms with Gasteiger partial charge in [-0.3, -0.25) is 24.7 Å². The minimum absolute atomic E-state index is 0.0396. The van der Waals surface area contributed by atoms with Gasteiger partial charge in [0, 0.05) is 92.7 Å². The number of piperazine rings is 1. The lowest BCUT2D eigenvalue weighted by molar-refractivity contribution is -0.384. The third-order valence-corrected chi connectivity index (χ3v) is 17.5. The van der Waals surface area contributed by atoms with Gasteiger partial charge in [0.1, 0.15) is 34.2 Å². The Morgan fingerprint density at radius 1 is 1.00 bits per heavy atom. The number of amides is 1. The molecule has 392 valence electrons. The molecule has 11 rings (SSSR count). The van der Waals surface area contributed by atoms with E-state index in [0.717, 1.165) is 104 Å². The monoisotopic (exact) mass is 1040 g/mol. The maximum absolute atomic E-state index is 14.1. The minimum atomic E-state index is -4.60. The number of nitrogens with one attached hydrogen (secondary N) is 3. The smallest absolute Gasteiger partial charge is 0.293 e. The maximum atomic E-state index is 14.1. The van der Waals surface area contributed by atoms with Gasteiger partial charge in [-0.2, -0.15) is 0 Å². The van der Waals surface area contributed by atoms with Gasteiger partial charge in [0.25, 0.3) is 21.6 Å². The SMILES string of the molecule is COc1cc(CN2CCN(C3CC4(C3)CN(c3ccc(C(=O)NS(=O)(=O)c5ccc(NCC6CCC(C)(O)CC6)c([N+](=O)[O-])c5)c(Oc5cnc6[nH]ccc6c5)c3)C4)[C@H](c3ccccc3C(C)C)C2)cc2occc12. The van der Waals surface area contributed by atoms with E-state index >= 15 is 0 Å². The van der Waals surface area contributed by atoms with Crippen LogP contribution in [0, 0.1) is 21.4 Å². The van der Waals surface area contributed by atoms with Gasteiger partial charge in [-0.15, -0.1) is 0 Å². The topological polar surface area (TPSA) is 209 Å². The molecular weight excluding hydrogens is 973 g/mol. The van der Waals surface area contributed by atoms with Crippen LogP contribution in [0.2, 0.25) is 0 Å². The van der Waals surface area contributed by atoms with Gasteiger partial charge >= 0.3 is 0 Å². The molecule has 2 aliphatic carbocycles. The molecule has 7 aromatic rings. The predicted molar refractivity (Wildman–Crippen MR) is 287 cm³/mol. The molecule has 1 spiro atoms. The number of anilines is 2. The summed E-state index contributed by atoms with van der Waals surface area (Å²) in [4.78, 5) is 40.4. The Kier molecular flexibility index (Phi) is 13.3. The largest absolute Gasteiger partial charge is 0.496 e. The van der Waals surface area contributed by atoms with Crippen molar-refractivity contribution in [2.75, 3.05) is 56.6 Å². The number of nitro groups is 1. The number of aromatic amines is 1. The third-order valence-electron chi connectivity index (χ3n) is 16.2. The van der Waals surface area contributed by atoms with Crippen LogP contribution >= 0.6 is 0 Å². The number of pyridine rings is 1. The Morgan fingerprint density at radius 3 is 2.57 bits per heavy atom. The fraction of sp³-hybridized carbons (Fsp3) is 0.404. The highest BCUT2D eigenvalue weighted by Crippen LogP contribution is 2.54. The summed E-state index contributed by atoms with van der Waals surface area (Å²) in [5.74, 6) is 0.913. The summed E-state index contributed by atoms with van der Waals surface area (Å²) >= 11 is 0. The van der Waals surface area contributed by atoms with E-state index < -0.39 is 37.0 Å². The number of carbonyl (C=O) groups is 1. The van der Waals surface area contributed by atoms with Crippen LogP contribution in [0.15, 0.2) is 119 Å². The number of benzene rings is 4. The van der Waals surface area contributed by atoms with E-state index in [4.69, 9.17) is 13.9 Å². The second-order valence-electron chi connectivity index (χ2n) is 21.9. The van der Waals surface area contributed by atoms with Crippen LogP contribution in [0.1, 0.15) is 98.3 Å². The van der Waals surface area contributed by atoms with E-state index in [2.05, 4.69) is 85.0 Å². The summed E-state index contributed by atoms with van der Waals surface area (Å²) in [7, 11) is -2.89. The second-order valence-corrected chi connectivity index (χ2v) is 23.6. The molecule has 18 heteroatoms. The van der Waals surface area contributed by atoms with Gasteiger partial charge in [0.05, 0.1) is 45.9 Å². The van der Waals surface area contributed by atoms with E-state index in [1.165, 1.54) is 29.5 Å². The van der Waals surface area contributed by atoms with Crippen molar-refractivity contribution in [2.24, 2.45) is 11.3 Å². The van der Waals surface area contributed by atoms with Gasteiger partial charge in [0.15, 0.2) is 0 Å². The first kappa shape index (κ1) is 50.2. The summed E-state index contributed by atoms with van der Waals surface area (Å²) in [6.07, 6.45) is 9.89. The van der Waals surface area contributed by atoms with Crippen LogP contribution in [0.25, 0.3) is 22.0 Å². The number of furan rings is 1. The van der Waals surface area contributed by atoms with Gasteiger partial charge in [-0.05, 0) is 129 Å². The van der Waals surface area contributed by atoms with Crippen LogP contribution in [0.3, 0.4) is 0 Å². The Bertz CT molecular complexity index is 3390. The lowest BCUT2D eigenvalue weighted by Gasteiger charge is -2.63. The number of hydrogen-bond donors (Lipinski definition) is 4. The molecular formula is C57H64N8O9S. The van der Waals surface area contributed by atoms with E-state index in [1.807, 2.05) is 19.1 Å². The third kappa shape index (κ3) is 10.3. The van der Waals surface area contributed by atoms with E-state index in [9.17, 15) is 28.4 Å². The van der Waals surface area contributed by atoms with Crippen molar-refractivity contribution in [3.63, 3.8) is 0 Å². The van der Waals surface area contributed by atoms with Crippen LogP contribution < -0.4 is 24.4 Å². The number of aliphatic hydroxyl groups is 1. The van der Waals surface area contributed by atoms with Crippen molar-refractivity contribution in [1.82, 2.24) is 24.5 Å². The molecule has 4 aromatic carbocycles. The molecule has 0 unspecified atom stereocenters. The highest BCUT2D eigenvalue weighted by molar-refractivity contribution is 7.90. The molecule has 4 fully saturated rings. The Hall–Kier alpha value is -6.99. The predicted octanol–water partition coefficient (Wildman–Crippen LogP) is 10.1. The summed E-state index contributed by atoms with van der Waals surface area (Å²) in [5.41, 5.74) is 5.33. The zero-order chi connectivity index (χ0) is 52.2. The molecule has 75 heavy (non-hydrogen) atoms. The molecule has 2 saturated heterocycles. The van der Waals surface area contributed by atoms with Crippen molar-refractivity contribution < 1.29 is 37.1 Å². The fourth-order valence-electron chi connectivity index (χ4n) is 12.1. The zero-order valence-electron chi connectivity index (χ0n) is 42.8. The number of H-pyrrole nitrogens is 1. The number of sulfonamides is 1. The van der Waals surface area contributed by atoms with E-state index in [-0.39, 0.29) is 34.4 Å². The molecule has 1 amide bonds. The number of fused-ring (bicyclic) bond motifs is 2. The summed E-state index contributed by atoms with van der Waals surface area (Å²) in [6.45, 7) is 12.0. The zero-order valence-corrected chi connectivity index (χ0v) is 43.6. The minimum Gasteiger partial charge on any atom is -0.496 e. The van der Waals surface area contributed by atoms with Crippen molar-refractivity contribution >= 4 is 55.0 Å². The average molecular weight is 1040 g/mol. The first-order valence-corrected chi connectivity index (χ1v) is 27.4. The number of methoxy groups -OCH3 is 1. The van der Waals surface area contributed by atoms with Crippen LogP contribution in [-0.2, 0) is 16.6 Å². The fourth-order valence-corrected chi connectivity index (χ4v) is 13.1. The molecule has 1 atom stereocenters. The number of hydrogen-bond acceptors (Lipinski definition) is 14. The highest BCUT2D eigenvalue weighted by Gasteiger charge is 2.55. The first-order valence-electron chi connectivity index (χ1n) is 26.0. The van der Waals surface area contributed by atoms with Crippen LogP contribution in [0.4, 0.5) is 17.1 Å². The molecule has 0 radical (unpaired) electrons. The molecule has 4 N–H and O–H groups in total. The highest BCUT2D eigenvalue weighted by atomic mass is 32.2. The standard InChI is InChI=1S/C57H64N8O9S/c1-36(2)44-7-5-6-8-45(44)50-33-62(32-38-23-51(72-4)46-16-22-73-52(46)24-38)20-21-64(50)41-28-57(29-41)34-63(35-57)40-9-11-47(53(26-40)74-42-25-39-15-19-58-54(39)60-31-42)55(66)61-75(70,71)43-10-12-48(49(27-43)65(68)69)59-30-37-13-17-56(3,67)18-14-37/h5-12,15-16,19,22-27,31,36-37,41,50,59,67H,13-14,17-18,20-21,28-30,32-35H2,1-4H3,(H,58,60)(H,61,66)/t37?,50-,56?/m0/s1. The second kappa shape index (κ2) is 19.9.